The quantitative estimate of drug-likeness (QED) is 0.467. The second kappa shape index (κ2) is 7.92. The third kappa shape index (κ3) is 3.71. The summed E-state index contributed by atoms with van der Waals surface area (Å²) in [7, 11) is 3.34. The molecule has 0 aliphatic carbocycles. The van der Waals surface area contributed by atoms with Gasteiger partial charge in [-0.2, -0.15) is 0 Å². The van der Waals surface area contributed by atoms with Crippen molar-refractivity contribution in [3.63, 3.8) is 0 Å². The SMILES string of the molecule is COc1ccc(-c2ccnc(-c3cc(-c4ccc(OC)cc4)ccn3)c2)cc1. The number of hydrogen-bond acceptors (Lipinski definition) is 4. The van der Waals surface area contributed by atoms with Gasteiger partial charge in [0.05, 0.1) is 25.6 Å². The molecule has 0 N–H and O–H groups in total. The van der Waals surface area contributed by atoms with Crippen molar-refractivity contribution < 1.29 is 9.47 Å². The van der Waals surface area contributed by atoms with Gasteiger partial charge in [0.25, 0.3) is 0 Å². The Morgan fingerprint density at radius 1 is 0.500 bits per heavy atom. The van der Waals surface area contributed by atoms with Gasteiger partial charge in [-0.05, 0) is 70.8 Å². The lowest BCUT2D eigenvalue weighted by molar-refractivity contribution is 0.415. The van der Waals surface area contributed by atoms with Crippen LogP contribution in [-0.2, 0) is 0 Å². The fourth-order valence-corrected chi connectivity index (χ4v) is 3.07. The molecule has 28 heavy (non-hydrogen) atoms. The Morgan fingerprint density at radius 3 is 1.25 bits per heavy atom. The molecule has 2 aromatic carbocycles. The third-order valence-electron chi connectivity index (χ3n) is 4.63. The van der Waals surface area contributed by atoms with Crippen LogP contribution in [0.25, 0.3) is 33.6 Å². The molecular weight excluding hydrogens is 348 g/mol. The summed E-state index contributed by atoms with van der Waals surface area (Å²) in [6.07, 6.45) is 3.63. The van der Waals surface area contributed by atoms with Crippen molar-refractivity contribution in [2.45, 2.75) is 0 Å². The molecule has 4 rings (SSSR count). The maximum atomic E-state index is 5.24. The molecule has 4 heteroatoms. The highest BCUT2D eigenvalue weighted by Crippen LogP contribution is 2.28. The van der Waals surface area contributed by atoms with E-state index < -0.39 is 0 Å². The average Bonchev–Trinajstić information content (AvgIpc) is 2.79. The number of aromatic nitrogens is 2. The number of pyridine rings is 2. The zero-order valence-corrected chi connectivity index (χ0v) is 15.8. The van der Waals surface area contributed by atoms with E-state index in [-0.39, 0.29) is 0 Å². The summed E-state index contributed by atoms with van der Waals surface area (Å²) in [5.41, 5.74) is 6.06. The fraction of sp³-hybridized carbons (Fsp3) is 0.0833. The minimum Gasteiger partial charge on any atom is -0.497 e. The number of hydrogen-bond donors (Lipinski definition) is 0. The van der Waals surface area contributed by atoms with Gasteiger partial charge in [-0.25, -0.2) is 0 Å². The fourth-order valence-electron chi connectivity index (χ4n) is 3.07. The Bertz CT molecular complexity index is 985. The van der Waals surface area contributed by atoms with Crippen molar-refractivity contribution in [1.82, 2.24) is 9.97 Å². The van der Waals surface area contributed by atoms with Crippen molar-refractivity contribution in [3.05, 3.63) is 85.2 Å². The van der Waals surface area contributed by atoms with E-state index in [0.29, 0.717) is 0 Å². The Labute approximate surface area is 164 Å². The van der Waals surface area contributed by atoms with Crippen LogP contribution in [0, 0.1) is 0 Å². The molecule has 0 radical (unpaired) electrons. The maximum absolute atomic E-state index is 5.24. The van der Waals surface area contributed by atoms with Gasteiger partial charge >= 0.3 is 0 Å². The van der Waals surface area contributed by atoms with Crippen molar-refractivity contribution in [1.29, 1.82) is 0 Å². The molecule has 0 amide bonds. The summed E-state index contributed by atoms with van der Waals surface area (Å²) in [4.78, 5) is 9.05. The predicted octanol–water partition coefficient (Wildman–Crippen LogP) is 5.49. The van der Waals surface area contributed by atoms with Crippen molar-refractivity contribution in [3.8, 4) is 45.1 Å². The Balaban J connectivity index is 1.67. The van der Waals surface area contributed by atoms with E-state index in [4.69, 9.17) is 9.47 Å². The largest absolute Gasteiger partial charge is 0.497 e. The van der Waals surface area contributed by atoms with Gasteiger partial charge in [0.1, 0.15) is 11.5 Å². The summed E-state index contributed by atoms with van der Waals surface area (Å²) >= 11 is 0. The van der Waals surface area contributed by atoms with Crippen LogP contribution in [0.3, 0.4) is 0 Å². The van der Waals surface area contributed by atoms with Crippen molar-refractivity contribution >= 4 is 0 Å². The highest BCUT2D eigenvalue weighted by atomic mass is 16.5. The van der Waals surface area contributed by atoms with E-state index in [1.807, 2.05) is 73.1 Å². The minimum absolute atomic E-state index is 0.837. The summed E-state index contributed by atoms with van der Waals surface area (Å²) in [5, 5.41) is 0. The summed E-state index contributed by atoms with van der Waals surface area (Å²) < 4.78 is 10.5. The van der Waals surface area contributed by atoms with Crippen molar-refractivity contribution in [2.75, 3.05) is 14.2 Å². The van der Waals surface area contributed by atoms with Gasteiger partial charge < -0.3 is 9.47 Å². The third-order valence-corrected chi connectivity index (χ3v) is 4.63. The monoisotopic (exact) mass is 368 g/mol. The second-order valence-electron chi connectivity index (χ2n) is 6.32. The first kappa shape index (κ1) is 17.7. The van der Waals surface area contributed by atoms with Crippen LogP contribution >= 0.6 is 0 Å². The summed E-state index contributed by atoms with van der Waals surface area (Å²) in [6, 6.07) is 24.1. The maximum Gasteiger partial charge on any atom is 0.118 e. The first-order valence-electron chi connectivity index (χ1n) is 8.98. The number of methoxy groups -OCH3 is 2. The van der Waals surface area contributed by atoms with E-state index in [2.05, 4.69) is 22.1 Å². The van der Waals surface area contributed by atoms with E-state index in [0.717, 1.165) is 45.1 Å². The van der Waals surface area contributed by atoms with Crippen LogP contribution in [0.4, 0.5) is 0 Å². The normalized spacial score (nSPS) is 10.5. The molecular formula is C24H20N2O2. The first-order chi connectivity index (χ1) is 13.8. The smallest absolute Gasteiger partial charge is 0.118 e. The van der Waals surface area contributed by atoms with Gasteiger partial charge in [0, 0.05) is 12.4 Å². The van der Waals surface area contributed by atoms with Crippen LogP contribution < -0.4 is 9.47 Å². The van der Waals surface area contributed by atoms with E-state index in [1.165, 1.54) is 0 Å². The number of rotatable bonds is 5. The van der Waals surface area contributed by atoms with Crippen LogP contribution in [0.15, 0.2) is 85.2 Å². The zero-order valence-electron chi connectivity index (χ0n) is 15.8. The average molecular weight is 368 g/mol. The van der Waals surface area contributed by atoms with Gasteiger partial charge in [-0.1, -0.05) is 24.3 Å². The lowest BCUT2D eigenvalue weighted by Crippen LogP contribution is -1.90. The molecule has 2 heterocycles. The highest BCUT2D eigenvalue weighted by molar-refractivity contribution is 5.73. The Hall–Kier alpha value is -3.66. The zero-order chi connectivity index (χ0) is 19.3. The lowest BCUT2D eigenvalue weighted by Gasteiger charge is -2.08. The van der Waals surface area contributed by atoms with Gasteiger partial charge in [-0.3, -0.25) is 9.97 Å². The molecule has 0 spiro atoms. The molecule has 138 valence electrons. The van der Waals surface area contributed by atoms with Crippen LogP contribution in [-0.4, -0.2) is 24.2 Å². The topological polar surface area (TPSA) is 44.2 Å². The Kier molecular flexibility index (Phi) is 5.02. The van der Waals surface area contributed by atoms with Crippen molar-refractivity contribution in [2.24, 2.45) is 0 Å². The van der Waals surface area contributed by atoms with E-state index in [9.17, 15) is 0 Å². The second-order valence-corrected chi connectivity index (χ2v) is 6.32. The van der Waals surface area contributed by atoms with Crippen LogP contribution in [0.5, 0.6) is 11.5 Å². The standard InChI is InChI=1S/C24H20N2O2/c1-27-21-7-3-17(4-8-21)19-11-13-25-23(15-19)24-16-20(12-14-26-24)18-5-9-22(28-2)10-6-18/h3-16H,1-2H3. The molecule has 0 unspecified atom stereocenters. The van der Waals surface area contributed by atoms with E-state index in [1.54, 1.807) is 14.2 Å². The Morgan fingerprint density at radius 2 is 0.893 bits per heavy atom. The lowest BCUT2D eigenvalue weighted by atomic mass is 10.0. The minimum atomic E-state index is 0.837. The molecule has 4 aromatic rings. The molecule has 0 saturated heterocycles. The molecule has 2 aromatic heterocycles. The summed E-state index contributed by atoms with van der Waals surface area (Å²) in [6.45, 7) is 0. The number of benzene rings is 2. The van der Waals surface area contributed by atoms with Gasteiger partial charge in [-0.15, -0.1) is 0 Å². The molecule has 0 fully saturated rings. The number of ether oxygens (including phenoxy) is 2. The molecule has 0 saturated carbocycles. The molecule has 0 bridgehead atoms. The molecule has 0 atom stereocenters. The first-order valence-corrected chi connectivity index (χ1v) is 8.98. The number of nitrogens with zero attached hydrogens (tertiary/aromatic N) is 2. The molecule has 4 nitrogen and oxygen atoms in total. The highest BCUT2D eigenvalue weighted by Gasteiger charge is 2.07. The molecule has 0 aliphatic heterocycles. The van der Waals surface area contributed by atoms with Crippen LogP contribution in [0.2, 0.25) is 0 Å². The van der Waals surface area contributed by atoms with Gasteiger partial charge in [0.2, 0.25) is 0 Å². The molecule has 0 aliphatic rings. The van der Waals surface area contributed by atoms with Crippen LogP contribution in [0.1, 0.15) is 0 Å². The summed E-state index contributed by atoms with van der Waals surface area (Å²) in [5.74, 6) is 1.68. The van der Waals surface area contributed by atoms with Gasteiger partial charge in [0.15, 0.2) is 0 Å². The van der Waals surface area contributed by atoms with E-state index >= 15 is 0 Å². The predicted molar refractivity (Wildman–Crippen MR) is 111 cm³/mol.